The number of carbonyl (C=O) groups excluding carboxylic acids is 1. The van der Waals surface area contributed by atoms with Crippen molar-refractivity contribution >= 4 is 11.8 Å². The molecular weight excluding hydrogens is 404 g/mol. The largest absolute Gasteiger partial charge is 0.478 e. The van der Waals surface area contributed by atoms with Gasteiger partial charge in [0.25, 0.3) is 0 Å². The van der Waals surface area contributed by atoms with Gasteiger partial charge >= 0.3 is 5.97 Å². The van der Waals surface area contributed by atoms with Gasteiger partial charge in [-0.15, -0.1) is 0 Å². The van der Waals surface area contributed by atoms with Crippen molar-refractivity contribution in [3.63, 3.8) is 0 Å². The zero-order valence-electron chi connectivity index (χ0n) is 19.7. The maximum Gasteiger partial charge on any atom is 0.328 e. The zero-order chi connectivity index (χ0) is 23.5. The highest BCUT2D eigenvalue weighted by molar-refractivity contribution is 5.96. The molecule has 1 aliphatic carbocycles. The van der Waals surface area contributed by atoms with E-state index in [1.807, 2.05) is 18.2 Å². The first-order valence-corrected chi connectivity index (χ1v) is 11.3. The molecule has 0 saturated heterocycles. The molecule has 5 heteroatoms. The molecule has 0 aromatic heterocycles. The topological polar surface area (TPSA) is 72.8 Å². The molecule has 4 atom stereocenters. The number of carbonyl (C=O) groups is 2. The van der Waals surface area contributed by atoms with E-state index in [4.69, 9.17) is 14.6 Å². The standard InChI is InChI=1S/C27H34O5/c1-17(2)7-6-8-18(3)11-22-12-19(4)15-27(31-22)16-21(9-10-26(29)30)23-14-24(28)20(5)13-25(23)32-27/h7,9-11,13,15-16,22-23,25H,6,8,12,14H2,1-5H3,(H,29,30)/t22-,23-,25-,27+/m1/s1. The highest BCUT2D eigenvalue weighted by Crippen LogP contribution is 2.43. The van der Waals surface area contributed by atoms with Gasteiger partial charge in [-0.25, -0.2) is 4.79 Å². The molecule has 0 fully saturated rings. The van der Waals surface area contributed by atoms with Crippen LogP contribution >= 0.6 is 0 Å². The Hall–Kier alpha value is -2.50. The number of hydrogen-bond donors (Lipinski definition) is 1. The molecule has 172 valence electrons. The van der Waals surface area contributed by atoms with Gasteiger partial charge in [-0.2, -0.15) is 0 Å². The maximum absolute atomic E-state index is 12.3. The van der Waals surface area contributed by atoms with E-state index in [1.54, 1.807) is 13.0 Å². The summed E-state index contributed by atoms with van der Waals surface area (Å²) in [5, 5.41) is 9.15. The average molecular weight is 439 g/mol. The Morgan fingerprint density at radius 2 is 1.94 bits per heavy atom. The number of rotatable bonds is 6. The lowest BCUT2D eigenvalue weighted by atomic mass is 9.78. The van der Waals surface area contributed by atoms with Crippen molar-refractivity contribution in [1.29, 1.82) is 0 Å². The zero-order valence-corrected chi connectivity index (χ0v) is 19.7. The third kappa shape index (κ3) is 6.05. The van der Waals surface area contributed by atoms with Crippen molar-refractivity contribution in [2.24, 2.45) is 5.92 Å². The van der Waals surface area contributed by atoms with Crippen LogP contribution in [0.25, 0.3) is 0 Å². The van der Waals surface area contributed by atoms with Crippen LogP contribution in [-0.4, -0.2) is 34.9 Å². The highest BCUT2D eigenvalue weighted by Gasteiger charge is 2.45. The lowest BCUT2D eigenvalue weighted by molar-refractivity contribution is -0.223. The van der Waals surface area contributed by atoms with Gasteiger partial charge in [0.1, 0.15) is 0 Å². The second-order valence-corrected chi connectivity index (χ2v) is 9.39. The molecule has 0 aromatic rings. The van der Waals surface area contributed by atoms with Crippen molar-refractivity contribution in [2.75, 3.05) is 0 Å². The van der Waals surface area contributed by atoms with Crippen LogP contribution in [0.3, 0.4) is 0 Å². The van der Waals surface area contributed by atoms with Crippen LogP contribution in [0, 0.1) is 5.92 Å². The summed E-state index contributed by atoms with van der Waals surface area (Å²) in [4.78, 5) is 23.5. The first-order valence-electron chi connectivity index (χ1n) is 11.3. The molecule has 3 aliphatic rings. The Balaban J connectivity index is 1.91. The van der Waals surface area contributed by atoms with E-state index in [1.165, 1.54) is 11.1 Å². The van der Waals surface area contributed by atoms with Gasteiger partial charge in [-0.1, -0.05) is 34.9 Å². The van der Waals surface area contributed by atoms with E-state index in [2.05, 4.69) is 39.8 Å². The quantitative estimate of drug-likeness (QED) is 0.431. The first kappa shape index (κ1) is 24.1. The van der Waals surface area contributed by atoms with Gasteiger partial charge in [0.2, 0.25) is 5.79 Å². The fourth-order valence-electron chi connectivity index (χ4n) is 4.53. The fraction of sp³-hybridized carbons (Fsp3) is 0.481. The molecular formula is C27H34O5. The molecule has 0 bridgehead atoms. The number of hydrogen-bond acceptors (Lipinski definition) is 4. The molecule has 1 spiro atoms. The van der Waals surface area contributed by atoms with Gasteiger partial charge in [-0.3, -0.25) is 4.79 Å². The molecule has 2 aliphatic heterocycles. The number of carboxylic acids is 1. The van der Waals surface area contributed by atoms with Crippen LogP contribution < -0.4 is 0 Å². The Kier molecular flexibility index (Phi) is 7.52. The van der Waals surface area contributed by atoms with Crippen LogP contribution in [0.1, 0.15) is 60.3 Å². The number of ketones is 1. The minimum Gasteiger partial charge on any atom is -0.478 e. The van der Waals surface area contributed by atoms with E-state index >= 15 is 0 Å². The van der Waals surface area contributed by atoms with E-state index in [-0.39, 0.29) is 23.9 Å². The van der Waals surface area contributed by atoms with Crippen molar-refractivity contribution in [1.82, 2.24) is 0 Å². The van der Waals surface area contributed by atoms with E-state index in [9.17, 15) is 9.59 Å². The minimum absolute atomic E-state index is 0.0597. The molecule has 0 aromatic carbocycles. The first-order chi connectivity index (χ1) is 15.1. The lowest BCUT2D eigenvalue weighted by Gasteiger charge is -2.45. The number of fused-ring (bicyclic) bond motifs is 1. The Morgan fingerprint density at radius 1 is 1.19 bits per heavy atom. The summed E-state index contributed by atoms with van der Waals surface area (Å²) in [6.45, 7) is 10.2. The maximum atomic E-state index is 12.3. The number of allylic oxidation sites excluding steroid dienone is 5. The normalized spacial score (nSPS) is 30.5. The SMILES string of the molecule is CC(C)=CCCC(C)=C[C@@H]1CC(C)=C[C@]2(C=C(C=CC(=O)O)[C@H]3CC(=O)C(C)=C[C@H]3O2)O1. The van der Waals surface area contributed by atoms with Crippen LogP contribution in [0.4, 0.5) is 0 Å². The summed E-state index contributed by atoms with van der Waals surface area (Å²) >= 11 is 0. The summed E-state index contributed by atoms with van der Waals surface area (Å²) in [5.41, 5.74) is 5.16. The van der Waals surface area contributed by atoms with Crippen molar-refractivity contribution in [3.05, 3.63) is 70.4 Å². The second-order valence-electron chi connectivity index (χ2n) is 9.39. The van der Waals surface area contributed by atoms with Crippen LogP contribution in [0.15, 0.2) is 70.4 Å². The molecule has 5 nitrogen and oxygen atoms in total. The summed E-state index contributed by atoms with van der Waals surface area (Å²) in [7, 11) is 0. The third-order valence-corrected chi connectivity index (χ3v) is 6.06. The van der Waals surface area contributed by atoms with Crippen LogP contribution in [0.5, 0.6) is 0 Å². The van der Waals surface area contributed by atoms with E-state index < -0.39 is 11.8 Å². The van der Waals surface area contributed by atoms with Crippen molar-refractivity contribution in [3.8, 4) is 0 Å². The van der Waals surface area contributed by atoms with Crippen LogP contribution in [-0.2, 0) is 19.1 Å². The number of ether oxygens (including phenoxy) is 2. The van der Waals surface area contributed by atoms with Crippen LogP contribution in [0.2, 0.25) is 0 Å². The number of aliphatic carboxylic acids is 1. The molecule has 0 amide bonds. The van der Waals surface area contributed by atoms with Gasteiger partial charge in [-0.05, 0) is 83.3 Å². The minimum atomic E-state index is -1.08. The number of carboxylic acid groups (broad SMARTS) is 1. The van der Waals surface area contributed by atoms with E-state index in [0.29, 0.717) is 12.0 Å². The average Bonchev–Trinajstić information content (AvgIpc) is 2.66. The molecule has 0 saturated carbocycles. The summed E-state index contributed by atoms with van der Waals surface area (Å²) in [5.74, 6) is -2.27. The monoisotopic (exact) mass is 438 g/mol. The Morgan fingerprint density at radius 3 is 2.62 bits per heavy atom. The molecule has 2 heterocycles. The third-order valence-electron chi connectivity index (χ3n) is 6.06. The molecule has 0 unspecified atom stereocenters. The molecule has 1 N–H and O–H groups in total. The van der Waals surface area contributed by atoms with Crippen molar-refractivity contribution < 1.29 is 24.2 Å². The van der Waals surface area contributed by atoms with Crippen molar-refractivity contribution in [2.45, 2.75) is 78.3 Å². The molecule has 3 rings (SSSR count). The predicted octanol–water partition coefficient (Wildman–Crippen LogP) is 5.61. The summed E-state index contributed by atoms with van der Waals surface area (Å²) in [6.07, 6.45) is 15.3. The number of Topliss-reactive ketones (excluding diaryl/α,β-unsaturated/α-hetero) is 1. The predicted molar refractivity (Wildman–Crippen MR) is 125 cm³/mol. The lowest BCUT2D eigenvalue weighted by Crippen LogP contribution is -2.48. The van der Waals surface area contributed by atoms with Gasteiger partial charge < -0.3 is 14.6 Å². The summed E-state index contributed by atoms with van der Waals surface area (Å²) < 4.78 is 12.9. The van der Waals surface area contributed by atoms with Gasteiger partial charge in [0.15, 0.2) is 5.78 Å². The summed E-state index contributed by atoms with van der Waals surface area (Å²) in [6, 6.07) is 0. The Bertz CT molecular complexity index is 955. The van der Waals surface area contributed by atoms with E-state index in [0.717, 1.165) is 36.5 Å². The van der Waals surface area contributed by atoms with Gasteiger partial charge in [0, 0.05) is 18.4 Å². The van der Waals surface area contributed by atoms with Gasteiger partial charge in [0.05, 0.1) is 12.2 Å². The highest BCUT2D eigenvalue weighted by atomic mass is 16.7. The smallest absolute Gasteiger partial charge is 0.328 e. The molecule has 32 heavy (non-hydrogen) atoms. The molecule has 0 radical (unpaired) electrons. The fourth-order valence-corrected chi connectivity index (χ4v) is 4.53. The second kappa shape index (κ2) is 9.97. The Labute approximate surface area is 190 Å².